The van der Waals surface area contributed by atoms with Gasteiger partial charge in [-0.15, -0.1) is 0 Å². The van der Waals surface area contributed by atoms with E-state index in [-0.39, 0.29) is 0 Å². The molecule has 1 saturated carbocycles. The van der Waals surface area contributed by atoms with Crippen LogP contribution in [0.3, 0.4) is 0 Å². The Kier molecular flexibility index (Phi) is 2.13. The van der Waals surface area contributed by atoms with E-state index in [1.807, 2.05) is 0 Å². The second-order valence-corrected chi connectivity index (χ2v) is 3.47. The molecule has 0 bridgehead atoms. The Labute approximate surface area is 73.4 Å². The van der Waals surface area contributed by atoms with Crippen molar-refractivity contribution < 1.29 is 4.74 Å². The first-order chi connectivity index (χ1) is 5.92. The summed E-state index contributed by atoms with van der Waals surface area (Å²) in [6.45, 7) is 0.916. The van der Waals surface area contributed by atoms with Crippen molar-refractivity contribution in [2.24, 2.45) is 5.92 Å². The largest absolute Gasteiger partial charge is 0.384 e. The Morgan fingerprint density at radius 3 is 2.75 bits per heavy atom. The Morgan fingerprint density at radius 2 is 2.08 bits per heavy atom. The van der Waals surface area contributed by atoms with Crippen LogP contribution in [0.4, 0.5) is 0 Å². The van der Waals surface area contributed by atoms with Gasteiger partial charge >= 0.3 is 0 Å². The molecule has 64 valence electrons. The molecule has 12 heavy (non-hydrogen) atoms. The second kappa shape index (κ2) is 3.28. The van der Waals surface area contributed by atoms with Gasteiger partial charge < -0.3 is 4.74 Å². The minimum atomic E-state index is 0.770. The fourth-order valence-corrected chi connectivity index (χ4v) is 1.75. The van der Waals surface area contributed by atoms with Gasteiger partial charge in [0.1, 0.15) is 0 Å². The number of hydrogen-bond donors (Lipinski definition) is 0. The number of rotatable bonds is 3. The molecule has 2 rings (SSSR count). The molecule has 1 aliphatic carbocycles. The lowest BCUT2D eigenvalue weighted by Crippen LogP contribution is -1.92. The molecule has 2 atom stereocenters. The fourth-order valence-electron chi connectivity index (χ4n) is 1.75. The van der Waals surface area contributed by atoms with Gasteiger partial charge in [0.05, 0.1) is 0 Å². The van der Waals surface area contributed by atoms with Crippen LogP contribution in [0.1, 0.15) is 17.9 Å². The smallest absolute Gasteiger partial charge is 0.0496 e. The first kappa shape index (κ1) is 7.81. The molecule has 1 aromatic rings. The van der Waals surface area contributed by atoms with Gasteiger partial charge in [0.2, 0.25) is 0 Å². The van der Waals surface area contributed by atoms with Crippen LogP contribution >= 0.6 is 0 Å². The van der Waals surface area contributed by atoms with E-state index in [1.165, 1.54) is 12.0 Å². The van der Waals surface area contributed by atoms with E-state index >= 15 is 0 Å². The van der Waals surface area contributed by atoms with Crippen molar-refractivity contribution >= 4 is 0 Å². The van der Waals surface area contributed by atoms with Crippen LogP contribution in [0.25, 0.3) is 0 Å². The molecule has 1 fully saturated rings. The summed E-state index contributed by atoms with van der Waals surface area (Å²) in [5.74, 6) is 1.54. The first-order valence-electron chi connectivity index (χ1n) is 4.45. The van der Waals surface area contributed by atoms with Crippen molar-refractivity contribution in [2.75, 3.05) is 13.7 Å². The number of benzene rings is 1. The maximum absolute atomic E-state index is 5.12. The molecule has 0 N–H and O–H groups in total. The van der Waals surface area contributed by atoms with Crippen LogP contribution in [0.5, 0.6) is 0 Å². The van der Waals surface area contributed by atoms with E-state index in [1.54, 1.807) is 7.11 Å². The molecule has 1 nitrogen and oxygen atoms in total. The average molecular weight is 162 g/mol. The molecule has 0 amide bonds. The van der Waals surface area contributed by atoms with Gasteiger partial charge in [0, 0.05) is 13.7 Å². The van der Waals surface area contributed by atoms with Crippen molar-refractivity contribution in [1.82, 2.24) is 0 Å². The fraction of sp³-hybridized carbons (Fsp3) is 0.455. The van der Waals surface area contributed by atoms with Crippen LogP contribution in [0, 0.1) is 5.92 Å². The van der Waals surface area contributed by atoms with E-state index in [2.05, 4.69) is 30.3 Å². The quantitative estimate of drug-likeness (QED) is 0.663. The summed E-state index contributed by atoms with van der Waals surface area (Å²) in [5, 5.41) is 0. The Morgan fingerprint density at radius 1 is 1.33 bits per heavy atom. The molecule has 0 aromatic heterocycles. The zero-order chi connectivity index (χ0) is 8.39. The van der Waals surface area contributed by atoms with Crippen molar-refractivity contribution in [2.45, 2.75) is 12.3 Å². The summed E-state index contributed by atoms with van der Waals surface area (Å²) in [4.78, 5) is 0. The van der Waals surface area contributed by atoms with Crippen LogP contribution in [-0.4, -0.2) is 13.7 Å². The second-order valence-electron chi connectivity index (χ2n) is 3.47. The lowest BCUT2D eigenvalue weighted by molar-refractivity contribution is 0.184. The van der Waals surface area contributed by atoms with E-state index in [0.29, 0.717) is 0 Å². The van der Waals surface area contributed by atoms with Gasteiger partial charge in [-0.25, -0.2) is 0 Å². The van der Waals surface area contributed by atoms with Crippen LogP contribution in [0.2, 0.25) is 0 Å². The monoisotopic (exact) mass is 162 g/mol. The van der Waals surface area contributed by atoms with Crippen molar-refractivity contribution in [3.8, 4) is 0 Å². The summed E-state index contributed by atoms with van der Waals surface area (Å²) < 4.78 is 5.12. The van der Waals surface area contributed by atoms with Gasteiger partial charge in [0.25, 0.3) is 0 Å². The normalized spacial score (nSPS) is 27.1. The van der Waals surface area contributed by atoms with Gasteiger partial charge in [0.15, 0.2) is 0 Å². The van der Waals surface area contributed by atoms with Gasteiger partial charge in [-0.2, -0.15) is 0 Å². The van der Waals surface area contributed by atoms with Crippen molar-refractivity contribution in [1.29, 1.82) is 0 Å². The zero-order valence-electron chi connectivity index (χ0n) is 7.36. The van der Waals surface area contributed by atoms with E-state index in [9.17, 15) is 0 Å². The Balaban J connectivity index is 1.97. The highest BCUT2D eigenvalue weighted by atomic mass is 16.5. The minimum absolute atomic E-state index is 0.770. The molecule has 0 spiro atoms. The summed E-state index contributed by atoms with van der Waals surface area (Å²) >= 11 is 0. The summed E-state index contributed by atoms with van der Waals surface area (Å²) in [7, 11) is 1.78. The zero-order valence-corrected chi connectivity index (χ0v) is 7.36. The average Bonchev–Trinajstić information content (AvgIpc) is 2.87. The van der Waals surface area contributed by atoms with E-state index < -0.39 is 0 Å². The maximum atomic E-state index is 5.12. The number of hydrogen-bond acceptors (Lipinski definition) is 1. The molecule has 2 unspecified atom stereocenters. The molecule has 0 aliphatic heterocycles. The minimum Gasteiger partial charge on any atom is -0.384 e. The molecule has 0 saturated heterocycles. The number of ether oxygens (including phenoxy) is 1. The molecular weight excluding hydrogens is 148 g/mol. The van der Waals surface area contributed by atoms with Gasteiger partial charge in [-0.1, -0.05) is 30.3 Å². The lowest BCUT2D eigenvalue weighted by atomic mass is 10.1. The predicted molar refractivity (Wildman–Crippen MR) is 49.2 cm³/mol. The summed E-state index contributed by atoms with van der Waals surface area (Å²) in [6.07, 6.45) is 1.30. The highest BCUT2D eigenvalue weighted by molar-refractivity contribution is 5.25. The molecular formula is C11H14O. The van der Waals surface area contributed by atoms with Gasteiger partial charge in [-0.3, -0.25) is 0 Å². The van der Waals surface area contributed by atoms with Crippen molar-refractivity contribution in [3.05, 3.63) is 35.9 Å². The third-order valence-corrected chi connectivity index (χ3v) is 2.53. The van der Waals surface area contributed by atoms with E-state index in [4.69, 9.17) is 4.74 Å². The van der Waals surface area contributed by atoms with Crippen LogP contribution < -0.4 is 0 Å². The highest BCUT2D eigenvalue weighted by Gasteiger charge is 2.37. The molecule has 1 aliphatic rings. The predicted octanol–water partition coefficient (Wildman–Crippen LogP) is 2.44. The molecule has 1 heteroatoms. The lowest BCUT2D eigenvalue weighted by Gasteiger charge is -1.98. The highest BCUT2D eigenvalue weighted by Crippen LogP contribution is 2.47. The van der Waals surface area contributed by atoms with E-state index in [0.717, 1.165) is 18.4 Å². The standard InChI is InChI=1S/C11H14O/c1-12-8-10-7-11(10)9-5-3-2-4-6-9/h2-6,10-11H,7-8H2,1H3. The third kappa shape index (κ3) is 1.51. The van der Waals surface area contributed by atoms with Crippen LogP contribution in [-0.2, 0) is 4.74 Å². The summed E-state index contributed by atoms with van der Waals surface area (Å²) in [5.41, 5.74) is 1.47. The molecule has 1 aromatic carbocycles. The van der Waals surface area contributed by atoms with Gasteiger partial charge in [-0.05, 0) is 23.8 Å². The Hall–Kier alpha value is -0.820. The molecule has 0 heterocycles. The third-order valence-electron chi connectivity index (χ3n) is 2.53. The molecule has 0 radical (unpaired) electrons. The first-order valence-corrected chi connectivity index (χ1v) is 4.45. The van der Waals surface area contributed by atoms with Crippen molar-refractivity contribution in [3.63, 3.8) is 0 Å². The topological polar surface area (TPSA) is 9.23 Å². The maximum Gasteiger partial charge on any atom is 0.0496 e. The Bertz CT molecular complexity index is 242. The van der Waals surface area contributed by atoms with Crippen LogP contribution in [0.15, 0.2) is 30.3 Å². The summed E-state index contributed by atoms with van der Waals surface area (Å²) in [6, 6.07) is 10.7. The SMILES string of the molecule is COCC1CC1c1ccccc1. The number of methoxy groups -OCH3 is 1.